The van der Waals surface area contributed by atoms with Crippen LogP contribution < -0.4 is 14.9 Å². The van der Waals surface area contributed by atoms with Gasteiger partial charge in [-0.15, -0.1) is 0 Å². The highest BCUT2D eigenvalue weighted by atomic mass is 16.5. The summed E-state index contributed by atoms with van der Waals surface area (Å²) in [7, 11) is 0. The quantitative estimate of drug-likeness (QED) is 0.499. The highest BCUT2D eigenvalue weighted by Gasteiger charge is 2.31. The van der Waals surface area contributed by atoms with Crippen molar-refractivity contribution in [1.29, 1.82) is 0 Å². The van der Waals surface area contributed by atoms with Crippen molar-refractivity contribution < 1.29 is 19.0 Å². The lowest BCUT2D eigenvalue weighted by molar-refractivity contribution is 0.0792. The molecule has 1 aromatic heterocycles. The van der Waals surface area contributed by atoms with E-state index in [1.54, 1.807) is 12.1 Å². The predicted molar refractivity (Wildman–Crippen MR) is 109 cm³/mol. The molecular weight excluding hydrogens is 356 g/mol. The molecule has 148 valence electrons. The molecule has 28 heavy (non-hydrogen) atoms. The fourth-order valence-corrected chi connectivity index (χ4v) is 3.70. The fraction of sp³-hybridized carbons (Fsp3) is 0.435. The van der Waals surface area contributed by atoms with Gasteiger partial charge in [0.25, 0.3) is 0 Å². The first-order valence-corrected chi connectivity index (χ1v) is 9.94. The maximum absolute atomic E-state index is 13.1. The van der Waals surface area contributed by atoms with Gasteiger partial charge in [-0.2, -0.15) is 0 Å². The lowest BCUT2D eigenvalue weighted by atomic mass is 9.93. The lowest BCUT2D eigenvalue weighted by Gasteiger charge is -2.33. The summed E-state index contributed by atoms with van der Waals surface area (Å²) in [4.78, 5) is 13.1. The van der Waals surface area contributed by atoms with Gasteiger partial charge in [-0.25, -0.2) is 0 Å². The minimum absolute atomic E-state index is 0.0467. The molecule has 0 saturated heterocycles. The highest BCUT2D eigenvalue weighted by Crippen LogP contribution is 2.45. The Morgan fingerprint density at radius 3 is 2.79 bits per heavy atom. The zero-order valence-corrected chi connectivity index (χ0v) is 16.4. The van der Waals surface area contributed by atoms with Crippen LogP contribution in [0.25, 0.3) is 21.9 Å². The number of hydrogen-bond acceptors (Lipinski definition) is 5. The second-order valence-electron chi connectivity index (χ2n) is 7.99. The van der Waals surface area contributed by atoms with Crippen LogP contribution in [-0.4, -0.2) is 23.9 Å². The summed E-state index contributed by atoms with van der Waals surface area (Å²) in [5.74, 6) is 1.21. The molecule has 4 rings (SSSR count). The van der Waals surface area contributed by atoms with E-state index in [4.69, 9.17) is 19.0 Å². The second-order valence-corrected chi connectivity index (χ2v) is 7.99. The van der Waals surface area contributed by atoms with Crippen LogP contribution in [0, 0.1) is 0 Å². The molecule has 1 aliphatic heterocycles. The van der Waals surface area contributed by atoms with Gasteiger partial charge in [-0.05, 0) is 69.7 Å². The predicted octanol–water partition coefficient (Wildman–Crippen LogP) is 4.59. The number of unbranched alkanes of at least 4 members (excludes halogenated alkanes) is 2. The van der Waals surface area contributed by atoms with E-state index in [0.717, 1.165) is 37.7 Å². The molecule has 0 spiro atoms. The highest BCUT2D eigenvalue weighted by molar-refractivity contribution is 5.94. The Labute approximate surface area is 163 Å². The zero-order valence-electron chi connectivity index (χ0n) is 16.4. The Morgan fingerprint density at radius 1 is 1.14 bits per heavy atom. The summed E-state index contributed by atoms with van der Waals surface area (Å²) in [5.41, 5.74) is 1.63. The zero-order chi connectivity index (χ0) is 19.7. The normalized spacial score (nSPS) is 15.4. The molecule has 0 atom stereocenters. The molecule has 0 radical (unpaired) electrons. The summed E-state index contributed by atoms with van der Waals surface area (Å²) in [6.07, 6.45) is 4.14. The Morgan fingerprint density at radius 2 is 1.96 bits per heavy atom. The number of aryl methyl sites for hydroxylation is 1. The molecule has 1 N–H and O–H groups in total. The maximum atomic E-state index is 13.1. The van der Waals surface area contributed by atoms with Crippen LogP contribution in [0.3, 0.4) is 0 Å². The van der Waals surface area contributed by atoms with Gasteiger partial charge >= 0.3 is 0 Å². The van der Waals surface area contributed by atoms with Crippen LogP contribution in [-0.2, 0) is 6.42 Å². The van der Waals surface area contributed by atoms with Crippen LogP contribution in [0.5, 0.6) is 11.5 Å². The Balaban J connectivity index is 1.87. The van der Waals surface area contributed by atoms with Crippen molar-refractivity contribution in [3.8, 4) is 11.5 Å². The first-order valence-electron chi connectivity index (χ1n) is 9.94. The van der Waals surface area contributed by atoms with Crippen molar-refractivity contribution in [2.45, 2.75) is 51.6 Å². The van der Waals surface area contributed by atoms with E-state index in [1.807, 2.05) is 18.2 Å². The van der Waals surface area contributed by atoms with Gasteiger partial charge in [0.05, 0.1) is 17.4 Å². The van der Waals surface area contributed by atoms with Gasteiger partial charge in [0, 0.05) is 6.61 Å². The monoisotopic (exact) mass is 382 g/mol. The van der Waals surface area contributed by atoms with Gasteiger partial charge in [0.15, 0.2) is 11.3 Å². The third-order valence-electron chi connectivity index (χ3n) is 5.28. The van der Waals surface area contributed by atoms with E-state index in [1.165, 1.54) is 0 Å². The van der Waals surface area contributed by atoms with Gasteiger partial charge < -0.3 is 19.0 Å². The van der Waals surface area contributed by atoms with Crippen molar-refractivity contribution in [2.24, 2.45) is 0 Å². The smallest absolute Gasteiger partial charge is 0.205 e. The number of fused-ring (bicyclic) bond motifs is 3. The van der Waals surface area contributed by atoms with Gasteiger partial charge in [-0.1, -0.05) is 12.1 Å². The van der Waals surface area contributed by atoms with Gasteiger partial charge in [0.2, 0.25) is 11.2 Å². The Hall–Kier alpha value is -2.53. The summed E-state index contributed by atoms with van der Waals surface area (Å²) in [6, 6.07) is 9.18. The van der Waals surface area contributed by atoms with Crippen molar-refractivity contribution in [3.63, 3.8) is 0 Å². The summed E-state index contributed by atoms with van der Waals surface area (Å²) < 4.78 is 18.5. The number of aliphatic hydroxyl groups is 1. The molecule has 0 unspecified atom stereocenters. The largest absolute Gasteiger partial charge is 0.486 e. The molecule has 1 aliphatic rings. The first kappa shape index (κ1) is 18.8. The number of ether oxygens (including phenoxy) is 2. The third-order valence-corrected chi connectivity index (χ3v) is 5.28. The molecule has 5 nitrogen and oxygen atoms in total. The van der Waals surface area contributed by atoms with Crippen molar-refractivity contribution in [3.05, 3.63) is 46.1 Å². The van der Waals surface area contributed by atoms with Crippen LogP contribution in [0.2, 0.25) is 0 Å². The molecule has 0 bridgehead atoms. The average Bonchev–Trinajstić information content (AvgIpc) is 2.68. The Bertz CT molecular complexity index is 1060. The van der Waals surface area contributed by atoms with Crippen LogP contribution in [0.1, 0.15) is 45.1 Å². The summed E-state index contributed by atoms with van der Waals surface area (Å²) in [6.45, 7) is 4.77. The van der Waals surface area contributed by atoms with Gasteiger partial charge in [0.1, 0.15) is 11.2 Å². The molecule has 5 heteroatoms. The maximum Gasteiger partial charge on any atom is 0.205 e. The second kappa shape index (κ2) is 7.47. The number of hydrogen-bond donors (Lipinski definition) is 1. The summed E-state index contributed by atoms with van der Waals surface area (Å²) in [5, 5.41) is 10.1. The molecule has 3 aromatic rings. The topological polar surface area (TPSA) is 68.9 Å². The van der Waals surface area contributed by atoms with Crippen LogP contribution in [0.15, 0.2) is 39.5 Å². The number of aliphatic hydroxyl groups excluding tert-OH is 1. The fourth-order valence-electron chi connectivity index (χ4n) is 3.70. The molecular formula is C23H26O5. The lowest BCUT2D eigenvalue weighted by Crippen LogP contribution is -2.33. The standard InChI is InChI=1S/C23H26O5/c1-23(2)11-10-15-14-17-19(25)16-8-4-5-9-18(16)27-21(17)22(20(15)28-23)26-13-7-3-6-12-24/h4-5,8-9,14,24H,3,6-7,10-13H2,1-2H3. The van der Waals surface area contributed by atoms with E-state index in [9.17, 15) is 4.79 Å². The van der Waals surface area contributed by atoms with Gasteiger partial charge in [-0.3, -0.25) is 4.79 Å². The van der Waals surface area contributed by atoms with Crippen LogP contribution in [0.4, 0.5) is 0 Å². The van der Waals surface area contributed by atoms with Crippen molar-refractivity contribution in [2.75, 3.05) is 13.2 Å². The molecule has 0 fully saturated rings. The third kappa shape index (κ3) is 3.47. The number of benzene rings is 2. The molecule has 2 heterocycles. The molecule has 0 amide bonds. The number of rotatable bonds is 6. The van der Waals surface area contributed by atoms with E-state index in [-0.39, 0.29) is 17.6 Å². The van der Waals surface area contributed by atoms with E-state index in [0.29, 0.717) is 40.0 Å². The van der Waals surface area contributed by atoms with Crippen molar-refractivity contribution in [1.82, 2.24) is 0 Å². The minimum atomic E-state index is -0.299. The van der Waals surface area contributed by atoms with E-state index >= 15 is 0 Å². The summed E-state index contributed by atoms with van der Waals surface area (Å²) >= 11 is 0. The molecule has 0 saturated carbocycles. The molecule has 0 aliphatic carbocycles. The number of para-hydroxylation sites is 1. The first-order chi connectivity index (χ1) is 13.5. The Kier molecular flexibility index (Phi) is 5.02. The SMILES string of the molecule is CC1(C)CCc2cc3c(=O)c4ccccc4oc3c(OCCCCCO)c2O1. The van der Waals surface area contributed by atoms with E-state index < -0.39 is 0 Å². The van der Waals surface area contributed by atoms with Crippen LogP contribution >= 0.6 is 0 Å². The minimum Gasteiger partial charge on any atom is -0.486 e. The average molecular weight is 382 g/mol. The molecule has 2 aromatic carbocycles. The van der Waals surface area contributed by atoms with E-state index in [2.05, 4.69) is 13.8 Å². The van der Waals surface area contributed by atoms with Crippen molar-refractivity contribution >= 4 is 21.9 Å².